The van der Waals surface area contributed by atoms with E-state index in [4.69, 9.17) is 18.5 Å². The van der Waals surface area contributed by atoms with Gasteiger partial charge in [0.15, 0.2) is 0 Å². The van der Waals surface area contributed by atoms with Crippen LogP contribution in [-0.2, 0) is 17.7 Å². The van der Waals surface area contributed by atoms with Crippen molar-refractivity contribution < 1.29 is 27.7 Å². The van der Waals surface area contributed by atoms with E-state index in [-0.39, 0.29) is 11.7 Å². The maximum absolute atomic E-state index is 13.8. The zero-order chi connectivity index (χ0) is 29.1. The van der Waals surface area contributed by atoms with Crippen LogP contribution in [0.5, 0.6) is 5.75 Å². The fraction of sp³-hybridized carbons (Fsp3) is 0.242. The number of benzene rings is 3. The minimum Gasteiger partial charge on any atom is -0.491 e. The van der Waals surface area contributed by atoms with Gasteiger partial charge in [0.1, 0.15) is 41.5 Å². The van der Waals surface area contributed by atoms with Crippen molar-refractivity contribution in [2.24, 2.45) is 0 Å². The van der Waals surface area contributed by atoms with E-state index in [2.05, 4.69) is 28.5 Å². The summed E-state index contributed by atoms with van der Waals surface area (Å²) in [7, 11) is 0. The van der Waals surface area contributed by atoms with Crippen molar-refractivity contribution in [3.05, 3.63) is 113 Å². The Morgan fingerprint density at radius 3 is 2.52 bits per heavy atom. The van der Waals surface area contributed by atoms with Crippen LogP contribution in [0.4, 0.5) is 4.39 Å². The van der Waals surface area contributed by atoms with Crippen molar-refractivity contribution in [3.63, 3.8) is 0 Å². The lowest BCUT2D eigenvalue weighted by atomic mass is 9.96. The summed E-state index contributed by atoms with van der Waals surface area (Å²) < 4.78 is 36.1. The number of hydrogen-bond donors (Lipinski definition) is 0. The van der Waals surface area contributed by atoms with Gasteiger partial charge in [0, 0.05) is 30.6 Å². The van der Waals surface area contributed by atoms with Gasteiger partial charge in [0.25, 0.3) is 5.91 Å². The highest BCUT2D eigenvalue weighted by Crippen LogP contribution is 2.33. The first kappa shape index (κ1) is 27.4. The van der Waals surface area contributed by atoms with E-state index in [9.17, 15) is 9.18 Å². The number of rotatable bonds is 3. The Labute approximate surface area is 242 Å². The predicted molar refractivity (Wildman–Crippen MR) is 154 cm³/mol. The second kappa shape index (κ2) is 12.0. The third kappa shape index (κ3) is 5.82. The van der Waals surface area contributed by atoms with E-state index in [1.54, 1.807) is 17.0 Å². The van der Waals surface area contributed by atoms with Gasteiger partial charge in [-0.2, -0.15) is 0 Å². The number of halogens is 1. The largest absolute Gasteiger partial charge is 0.491 e. The Hall–Kier alpha value is -4.76. The van der Waals surface area contributed by atoms with Gasteiger partial charge >= 0.3 is 0 Å². The van der Waals surface area contributed by atoms with Gasteiger partial charge < -0.3 is 23.4 Å². The van der Waals surface area contributed by atoms with Gasteiger partial charge in [-0.3, -0.25) is 4.79 Å². The number of ether oxygens (including phenoxy) is 2. The molecule has 3 heterocycles. The number of carbonyl (C=O) groups is 1. The van der Waals surface area contributed by atoms with E-state index < -0.39 is 0 Å². The molecule has 1 amide bonds. The maximum atomic E-state index is 13.8. The van der Waals surface area contributed by atoms with Gasteiger partial charge in [-0.25, -0.2) is 4.39 Å². The van der Waals surface area contributed by atoms with E-state index in [1.807, 2.05) is 38.1 Å². The fourth-order valence-electron chi connectivity index (χ4n) is 5.30. The molecule has 0 aliphatic carbocycles. The highest BCUT2D eigenvalue weighted by atomic mass is 19.1. The van der Waals surface area contributed by atoms with Crippen LogP contribution < -0.4 is 4.74 Å². The van der Waals surface area contributed by atoms with E-state index in [0.717, 1.165) is 45.0 Å². The molecule has 2 aromatic heterocycles. The molecule has 9 heteroatoms. The molecule has 214 valence electrons. The van der Waals surface area contributed by atoms with Crippen LogP contribution in [0.2, 0.25) is 0 Å². The third-order valence-electron chi connectivity index (χ3n) is 7.34. The molecule has 0 saturated heterocycles. The minimum absolute atomic E-state index is 0.248. The number of carbonyl (C=O) groups excluding carboxylic acids is 1. The van der Waals surface area contributed by atoms with Crippen molar-refractivity contribution in [2.75, 3.05) is 26.4 Å². The molecule has 6 rings (SSSR count). The van der Waals surface area contributed by atoms with E-state index in [1.165, 1.54) is 18.4 Å². The lowest BCUT2D eigenvalue weighted by Crippen LogP contribution is -2.34. The summed E-state index contributed by atoms with van der Waals surface area (Å²) >= 11 is 0. The summed E-state index contributed by atoms with van der Waals surface area (Å²) in [6.45, 7) is 5.63. The Kier molecular flexibility index (Phi) is 7.83. The first-order valence-corrected chi connectivity index (χ1v) is 13.8. The smallest absolute Gasteiger partial charge is 0.259 e. The van der Waals surface area contributed by atoms with Crippen molar-refractivity contribution in [1.82, 2.24) is 15.2 Å². The number of aromatic nitrogens is 2. The van der Waals surface area contributed by atoms with Gasteiger partial charge in [0.05, 0.1) is 18.9 Å². The Morgan fingerprint density at radius 2 is 1.71 bits per heavy atom. The van der Waals surface area contributed by atoms with Crippen molar-refractivity contribution >= 4 is 5.91 Å². The number of fused-ring (bicyclic) bond motifs is 3. The summed E-state index contributed by atoms with van der Waals surface area (Å²) in [6, 6.07) is 20.1. The average Bonchev–Trinajstić information content (AvgIpc) is 3.61. The summed E-state index contributed by atoms with van der Waals surface area (Å²) in [5, 5.41) is 8.15. The van der Waals surface area contributed by atoms with Crippen LogP contribution in [0.15, 0.2) is 82.0 Å². The molecule has 8 nitrogen and oxygen atoms in total. The van der Waals surface area contributed by atoms with Crippen LogP contribution >= 0.6 is 0 Å². The third-order valence-corrected chi connectivity index (χ3v) is 7.34. The first-order valence-electron chi connectivity index (χ1n) is 13.8. The lowest BCUT2D eigenvalue weighted by molar-refractivity contribution is 0.0571. The van der Waals surface area contributed by atoms with E-state index >= 15 is 0 Å². The zero-order valence-electron chi connectivity index (χ0n) is 23.4. The lowest BCUT2D eigenvalue weighted by Gasteiger charge is -2.23. The summed E-state index contributed by atoms with van der Waals surface area (Å²) in [4.78, 5) is 15.5. The van der Waals surface area contributed by atoms with Crippen LogP contribution in [-0.4, -0.2) is 47.5 Å². The normalized spacial score (nSPS) is 14.1. The molecule has 3 aromatic carbocycles. The molecule has 0 atom stereocenters. The molecular weight excluding hydrogens is 537 g/mol. The minimum atomic E-state index is -0.367. The van der Waals surface area contributed by atoms with Crippen molar-refractivity contribution in [3.8, 4) is 28.1 Å². The molecule has 0 spiro atoms. The molecule has 0 fully saturated rings. The Bertz CT molecular complexity index is 1690. The Morgan fingerprint density at radius 1 is 0.905 bits per heavy atom. The van der Waals surface area contributed by atoms with Crippen LogP contribution in [0.1, 0.15) is 38.5 Å². The standard InChI is InChI=1S/C33H30FN3O5/c1-21-31(22(2)42-35-21)26-8-11-30-27(18-26)17-23-4-3-5-24(16-23)19-37(12-13-39-14-15-40-30)33(38)29-20-41-36-32(29)25-6-9-28(34)10-7-25/h3-11,16,18,20H,12-15,17,19H2,1-2H3. The van der Waals surface area contributed by atoms with Gasteiger partial charge in [-0.15, -0.1) is 0 Å². The van der Waals surface area contributed by atoms with Gasteiger partial charge in [0.2, 0.25) is 0 Å². The molecule has 0 unspecified atom stereocenters. The molecule has 1 aliphatic rings. The number of nitrogens with zero attached hydrogens (tertiary/aromatic N) is 3. The molecule has 2 bridgehead atoms. The second-order valence-electron chi connectivity index (χ2n) is 10.3. The quantitative estimate of drug-likeness (QED) is 0.249. The summed E-state index contributed by atoms with van der Waals surface area (Å²) in [5.74, 6) is 0.954. The van der Waals surface area contributed by atoms with Crippen molar-refractivity contribution in [1.29, 1.82) is 0 Å². The van der Waals surface area contributed by atoms with Gasteiger partial charge in [-0.05, 0) is 72.5 Å². The molecule has 42 heavy (non-hydrogen) atoms. The molecule has 0 saturated carbocycles. The Balaban J connectivity index is 1.30. The highest BCUT2D eigenvalue weighted by Gasteiger charge is 2.24. The van der Waals surface area contributed by atoms with Crippen molar-refractivity contribution in [2.45, 2.75) is 26.8 Å². The molecule has 1 aliphatic heterocycles. The van der Waals surface area contributed by atoms with Crippen LogP contribution in [0, 0.1) is 19.7 Å². The van der Waals surface area contributed by atoms with Gasteiger partial charge in [-0.1, -0.05) is 40.6 Å². The maximum Gasteiger partial charge on any atom is 0.259 e. The highest BCUT2D eigenvalue weighted by molar-refractivity contribution is 5.99. The predicted octanol–water partition coefficient (Wildman–Crippen LogP) is 6.39. The van der Waals surface area contributed by atoms with Crippen LogP contribution in [0.3, 0.4) is 0 Å². The molecule has 5 aromatic rings. The summed E-state index contributed by atoms with van der Waals surface area (Å²) in [6.07, 6.45) is 1.97. The molecular formula is C33H30FN3O5. The van der Waals surface area contributed by atoms with E-state index in [0.29, 0.717) is 56.2 Å². The number of amides is 1. The summed E-state index contributed by atoms with van der Waals surface area (Å²) in [5.41, 5.74) is 7.21. The average molecular weight is 568 g/mol. The second-order valence-corrected chi connectivity index (χ2v) is 10.3. The molecule has 0 radical (unpaired) electrons. The fourth-order valence-corrected chi connectivity index (χ4v) is 5.30. The first-order chi connectivity index (χ1) is 20.5. The topological polar surface area (TPSA) is 90.8 Å². The molecule has 0 N–H and O–H groups in total. The zero-order valence-corrected chi connectivity index (χ0v) is 23.4. The SMILES string of the molecule is Cc1noc(C)c1-c1ccc2c(c1)Cc1cccc(c1)CN(C(=O)c1conc1-c1ccc(F)cc1)CCOCCO2. The van der Waals surface area contributed by atoms with Crippen LogP contribution in [0.25, 0.3) is 22.4 Å². The monoisotopic (exact) mass is 567 g/mol. The number of hydrogen-bond acceptors (Lipinski definition) is 7. The number of aryl methyl sites for hydroxylation is 2.